The predicted octanol–water partition coefficient (Wildman–Crippen LogP) is 3.97. The smallest absolute Gasteiger partial charge is 0.323 e. The molecule has 2 saturated heterocycles. The fourth-order valence-corrected chi connectivity index (χ4v) is 6.22. The molecule has 2 aromatic rings. The Morgan fingerprint density at radius 3 is 2.39 bits per heavy atom. The molecule has 0 radical (unpaired) electrons. The van der Waals surface area contributed by atoms with Crippen molar-refractivity contribution in [1.29, 1.82) is 0 Å². The number of carbonyl (C=O) groups excluding carboxylic acids is 2. The summed E-state index contributed by atoms with van der Waals surface area (Å²) >= 11 is 0. The molecule has 3 heterocycles. The summed E-state index contributed by atoms with van der Waals surface area (Å²) in [6.45, 7) is 3.86. The van der Waals surface area contributed by atoms with Gasteiger partial charge in [0.1, 0.15) is 11.6 Å². The number of rotatable bonds is 3. The van der Waals surface area contributed by atoms with E-state index in [0.717, 1.165) is 63.1 Å². The van der Waals surface area contributed by atoms with Gasteiger partial charge in [0.25, 0.3) is 5.91 Å². The third-order valence-corrected chi connectivity index (χ3v) is 8.26. The Morgan fingerprint density at radius 1 is 1.03 bits per heavy atom. The number of amides is 3. The normalized spacial score (nSPS) is 19.9. The highest BCUT2D eigenvalue weighted by molar-refractivity contribution is 5.97. The number of benzene rings is 2. The van der Waals surface area contributed by atoms with Gasteiger partial charge in [-0.2, -0.15) is 0 Å². The number of halogens is 1. The summed E-state index contributed by atoms with van der Waals surface area (Å²) < 4.78 is 19.6. The van der Waals surface area contributed by atoms with Crippen molar-refractivity contribution in [2.75, 3.05) is 58.8 Å². The van der Waals surface area contributed by atoms with Gasteiger partial charge in [-0.25, -0.2) is 9.18 Å². The third-order valence-electron chi connectivity index (χ3n) is 8.26. The van der Waals surface area contributed by atoms with Crippen LogP contribution in [0.1, 0.15) is 41.6 Å². The summed E-state index contributed by atoms with van der Waals surface area (Å²) in [5, 5.41) is 0. The molecule has 36 heavy (non-hydrogen) atoms. The number of piperidine rings is 2. The lowest BCUT2D eigenvalue weighted by Gasteiger charge is -2.45. The molecule has 0 unspecified atom stereocenters. The number of ether oxygens (including phenoxy) is 1. The van der Waals surface area contributed by atoms with E-state index in [0.29, 0.717) is 23.9 Å². The first-order valence-electron chi connectivity index (χ1n) is 12.8. The van der Waals surface area contributed by atoms with E-state index >= 15 is 0 Å². The molecule has 192 valence electrons. The Hall–Kier alpha value is -3.13. The number of nitrogens with zero attached hydrogens (tertiary/aromatic N) is 4. The maximum absolute atomic E-state index is 14.3. The summed E-state index contributed by atoms with van der Waals surface area (Å²) in [6, 6.07) is 12.6. The van der Waals surface area contributed by atoms with Crippen molar-refractivity contribution in [3.05, 3.63) is 59.4 Å². The van der Waals surface area contributed by atoms with Gasteiger partial charge in [0.05, 0.1) is 12.7 Å². The lowest BCUT2D eigenvalue weighted by molar-refractivity contribution is 0.0528. The number of hydrogen-bond donors (Lipinski definition) is 0. The van der Waals surface area contributed by atoms with Crippen LogP contribution in [0.4, 0.5) is 14.9 Å². The molecule has 1 spiro atoms. The standard InChI is InChI=1S/C28H35FN4O3/c1-30(2)27(35)33-19-28(23-18-20(29)8-9-24(23)33)12-16-31(17-13-28)21-10-14-32(15-11-21)26(34)22-6-4-5-7-25(22)36-3/h4-9,18,21H,10-17,19H2,1-3H3. The van der Waals surface area contributed by atoms with Crippen LogP contribution < -0.4 is 9.64 Å². The fraction of sp³-hybridized carbons (Fsp3) is 0.500. The van der Waals surface area contributed by atoms with Gasteiger partial charge in [0.2, 0.25) is 0 Å². The molecule has 3 aliphatic rings. The molecule has 2 fully saturated rings. The SMILES string of the molecule is COc1ccccc1C(=O)N1CCC(N2CCC3(CC2)CN(C(=O)N(C)C)c2ccc(F)cc23)CC1. The summed E-state index contributed by atoms with van der Waals surface area (Å²) in [5.74, 6) is 0.390. The van der Waals surface area contributed by atoms with Crippen LogP contribution >= 0.6 is 0 Å². The van der Waals surface area contributed by atoms with E-state index in [1.165, 1.54) is 6.07 Å². The van der Waals surface area contributed by atoms with Crippen LogP contribution in [0.15, 0.2) is 42.5 Å². The van der Waals surface area contributed by atoms with Gasteiger partial charge < -0.3 is 19.4 Å². The van der Waals surface area contributed by atoms with Gasteiger partial charge in [-0.3, -0.25) is 9.69 Å². The van der Waals surface area contributed by atoms with E-state index in [2.05, 4.69) is 4.90 Å². The molecule has 0 aromatic heterocycles. The molecule has 0 aliphatic carbocycles. The van der Waals surface area contributed by atoms with Crippen LogP contribution in [0, 0.1) is 5.82 Å². The molecule has 2 aromatic carbocycles. The Morgan fingerprint density at radius 2 is 1.72 bits per heavy atom. The molecule has 5 rings (SSSR count). The van der Waals surface area contributed by atoms with Gasteiger partial charge in [0.15, 0.2) is 0 Å². The van der Waals surface area contributed by atoms with E-state index in [1.54, 1.807) is 38.2 Å². The summed E-state index contributed by atoms with van der Waals surface area (Å²) in [4.78, 5) is 33.8. The molecule has 3 aliphatic heterocycles. The van der Waals surface area contributed by atoms with Crippen LogP contribution in [0.3, 0.4) is 0 Å². The lowest BCUT2D eigenvalue weighted by Crippen LogP contribution is -2.52. The lowest BCUT2D eigenvalue weighted by atomic mass is 9.74. The fourth-order valence-electron chi connectivity index (χ4n) is 6.22. The van der Waals surface area contributed by atoms with Crippen LogP contribution in [0.5, 0.6) is 5.75 Å². The maximum atomic E-state index is 14.3. The van der Waals surface area contributed by atoms with Crippen molar-refractivity contribution in [3.8, 4) is 5.75 Å². The molecule has 0 N–H and O–H groups in total. The number of hydrogen-bond acceptors (Lipinski definition) is 4. The zero-order chi connectivity index (χ0) is 25.4. The zero-order valence-corrected chi connectivity index (χ0v) is 21.4. The van der Waals surface area contributed by atoms with Crippen molar-refractivity contribution in [2.45, 2.75) is 37.1 Å². The monoisotopic (exact) mass is 494 g/mol. The van der Waals surface area contributed by atoms with E-state index in [1.807, 2.05) is 34.1 Å². The van der Waals surface area contributed by atoms with Gasteiger partial charge in [-0.05, 0) is 74.7 Å². The highest BCUT2D eigenvalue weighted by Gasteiger charge is 2.47. The summed E-state index contributed by atoms with van der Waals surface area (Å²) in [6.07, 6.45) is 3.65. The number of para-hydroxylation sites is 1. The van der Waals surface area contributed by atoms with E-state index < -0.39 is 0 Å². The number of carbonyl (C=O) groups is 2. The third kappa shape index (κ3) is 4.32. The first-order valence-corrected chi connectivity index (χ1v) is 12.8. The summed E-state index contributed by atoms with van der Waals surface area (Å²) in [7, 11) is 5.10. The minimum atomic E-state index is -0.248. The number of urea groups is 1. The Bertz CT molecular complexity index is 1140. The molecule has 0 saturated carbocycles. The maximum Gasteiger partial charge on any atom is 0.323 e. The Kier molecular flexibility index (Phi) is 6.64. The second-order valence-electron chi connectivity index (χ2n) is 10.5. The van der Waals surface area contributed by atoms with Gasteiger partial charge in [-0.1, -0.05) is 12.1 Å². The number of likely N-dealkylation sites (tertiary alicyclic amines) is 2. The van der Waals surface area contributed by atoms with Gasteiger partial charge >= 0.3 is 6.03 Å². The Labute approximate surface area is 212 Å². The van der Waals surface area contributed by atoms with Gasteiger partial charge in [-0.15, -0.1) is 0 Å². The van der Waals surface area contributed by atoms with Crippen molar-refractivity contribution >= 4 is 17.6 Å². The van der Waals surface area contributed by atoms with Crippen LogP contribution in [0.25, 0.3) is 0 Å². The average molecular weight is 495 g/mol. The van der Waals surface area contributed by atoms with Crippen molar-refractivity contribution in [2.24, 2.45) is 0 Å². The second-order valence-corrected chi connectivity index (χ2v) is 10.5. The molecule has 3 amide bonds. The van der Waals surface area contributed by atoms with E-state index in [-0.39, 0.29) is 23.2 Å². The molecule has 7 nitrogen and oxygen atoms in total. The highest BCUT2D eigenvalue weighted by atomic mass is 19.1. The second kappa shape index (κ2) is 9.73. The van der Waals surface area contributed by atoms with E-state index in [4.69, 9.17) is 4.74 Å². The largest absolute Gasteiger partial charge is 0.496 e. The minimum Gasteiger partial charge on any atom is -0.496 e. The van der Waals surface area contributed by atoms with Crippen LogP contribution in [-0.2, 0) is 5.41 Å². The topological polar surface area (TPSA) is 56.3 Å². The predicted molar refractivity (Wildman–Crippen MR) is 137 cm³/mol. The highest BCUT2D eigenvalue weighted by Crippen LogP contribution is 2.48. The van der Waals surface area contributed by atoms with Crippen LogP contribution in [0.2, 0.25) is 0 Å². The molecular formula is C28H35FN4O3. The molecule has 0 bridgehead atoms. The summed E-state index contributed by atoms with van der Waals surface area (Å²) in [5.41, 5.74) is 2.21. The quantitative estimate of drug-likeness (QED) is 0.648. The van der Waals surface area contributed by atoms with Gasteiger partial charge in [0, 0.05) is 50.9 Å². The Balaban J connectivity index is 1.23. The number of fused-ring (bicyclic) bond motifs is 2. The zero-order valence-electron chi connectivity index (χ0n) is 21.4. The van der Waals surface area contributed by atoms with E-state index in [9.17, 15) is 14.0 Å². The molecular weight excluding hydrogens is 459 g/mol. The minimum absolute atomic E-state index is 0.0266. The average Bonchev–Trinajstić information content (AvgIpc) is 3.21. The first kappa shape index (κ1) is 24.6. The van der Waals surface area contributed by atoms with Crippen molar-refractivity contribution in [3.63, 3.8) is 0 Å². The van der Waals surface area contributed by atoms with Crippen molar-refractivity contribution < 1.29 is 18.7 Å². The van der Waals surface area contributed by atoms with Crippen molar-refractivity contribution in [1.82, 2.24) is 14.7 Å². The molecule has 8 heteroatoms. The number of methoxy groups -OCH3 is 1. The molecule has 0 atom stereocenters. The first-order chi connectivity index (χ1) is 17.3. The number of anilines is 1. The van der Waals surface area contributed by atoms with Crippen LogP contribution in [-0.4, -0.2) is 86.6 Å².